The zero-order chi connectivity index (χ0) is 21.1. The summed E-state index contributed by atoms with van der Waals surface area (Å²) in [5.41, 5.74) is -0.633. The van der Waals surface area contributed by atoms with Crippen LogP contribution in [0, 0.1) is 0 Å². The van der Waals surface area contributed by atoms with Crippen molar-refractivity contribution in [1.29, 1.82) is 0 Å². The molecule has 28 heavy (non-hydrogen) atoms. The third-order valence-electron chi connectivity index (χ3n) is 4.84. The van der Waals surface area contributed by atoms with E-state index in [1.165, 1.54) is 28.6 Å². The molecule has 10 heteroatoms. The molecular formula is C18H26N4O5S. The molecule has 1 aromatic carbocycles. The van der Waals surface area contributed by atoms with Crippen LogP contribution in [0.15, 0.2) is 29.2 Å². The average molecular weight is 410 g/mol. The minimum atomic E-state index is -3.58. The second-order valence-corrected chi connectivity index (χ2v) is 8.61. The van der Waals surface area contributed by atoms with Gasteiger partial charge in [0.05, 0.1) is 4.90 Å². The Balaban J connectivity index is 2.06. The van der Waals surface area contributed by atoms with Crippen LogP contribution in [0.3, 0.4) is 0 Å². The minimum absolute atomic E-state index is 0.127. The van der Waals surface area contributed by atoms with Crippen molar-refractivity contribution >= 4 is 33.6 Å². The predicted molar refractivity (Wildman–Crippen MR) is 104 cm³/mol. The molecule has 154 valence electrons. The lowest BCUT2D eigenvalue weighted by Crippen LogP contribution is -2.44. The van der Waals surface area contributed by atoms with E-state index in [0.717, 1.165) is 4.90 Å². The van der Waals surface area contributed by atoms with Crippen LogP contribution in [-0.2, 0) is 19.6 Å². The molecule has 1 aliphatic rings. The second kappa shape index (κ2) is 8.27. The summed E-state index contributed by atoms with van der Waals surface area (Å²) in [6.45, 7) is 7.21. The van der Waals surface area contributed by atoms with Gasteiger partial charge in [0, 0.05) is 18.8 Å². The maximum Gasteiger partial charge on any atom is 0.325 e. The normalized spacial score (nSPS) is 19.8. The molecule has 9 nitrogen and oxygen atoms in total. The van der Waals surface area contributed by atoms with Crippen molar-refractivity contribution < 1.29 is 22.8 Å². The SMILES string of the molecule is CCN(CC)S(=O)(=O)c1ccc(NC(=O)CN2C(=O)N[C@@](C)(CC)C2=O)cc1. The summed E-state index contributed by atoms with van der Waals surface area (Å²) in [4.78, 5) is 37.5. The number of hydrogen-bond acceptors (Lipinski definition) is 5. The molecule has 4 amide bonds. The van der Waals surface area contributed by atoms with E-state index in [4.69, 9.17) is 0 Å². The Morgan fingerprint density at radius 2 is 1.71 bits per heavy atom. The molecule has 0 unspecified atom stereocenters. The van der Waals surface area contributed by atoms with Gasteiger partial charge >= 0.3 is 6.03 Å². The summed E-state index contributed by atoms with van der Waals surface area (Å²) in [5, 5.41) is 5.15. The zero-order valence-electron chi connectivity index (χ0n) is 16.5. The summed E-state index contributed by atoms with van der Waals surface area (Å²) in [5.74, 6) is -1.00. The van der Waals surface area contributed by atoms with Crippen LogP contribution in [0.5, 0.6) is 0 Å². The summed E-state index contributed by atoms with van der Waals surface area (Å²) < 4.78 is 26.3. The van der Waals surface area contributed by atoms with Crippen LogP contribution in [0.25, 0.3) is 0 Å². The Morgan fingerprint density at radius 3 is 2.18 bits per heavy atom. The number of nitrogens with zero attached hydrogens (tertiary/aromatic N) is 2. The quantitative estimate of drug-likeness (QED) is 0.628. The van der Waals surface area contributed by atoms with Crippen molar-refractivity contribution in [1.82, 2.24) is 14.5 Å². The number of urea groups is 1. The maximum atomic E-state index is 12.5. The number of carbonyl (C=O) groups excluding carboxylic acids is 3. The highest BCUT2D eigenvalue weighted by Crippen LogP contribution is 2.21. The first-order valence-corrected chi connectivity index (χ1v) is 10.6. The second-order valence-electron chi connectivity index (χ2n) is 6.67. The molecule has 2 rings (SSSR count). The highest BCUT2D eigenvalue weighted by molar-refractivity contribution is 7.89. The van der Waals surface area contributed by atoms with E-state index in [-0.39, 0.29) is 4.90 Å². The Labute approximate surface area is 165 Å². The molecule has 0 aliphatic carbocycles. The number of anilines is 1. The summed E-state index contributed by atoms with van der Waals surface area (Å²) in [6, 6.07) is 5.15. The van der Waals surface area contributed by atoms with Gasteiger partial charge in [-0.1, -0.05) is 20.8 Å². The Bertz CT molecular complexity index is 864. The van der Waals surface area contributed by atoms with Gasteiger partial charge in [-0.05, 0) is 37.6 Å². The molecule has 1 aromatic rings. The van der Waals surface area contributed by atoms with Crippen molar-refractivity contribution in [2.45, 2.75) is 44.6 Å². The van der Waals surface area contributed by atoms with E-state index in [1.54, 1.807) is 27.7 Å². The van der Waals surface area contributed by atoms with Crippen LogP contribution >= 0.6 is 0 Å². The van der Waals surface area contributed by atoms with Crippen LogP contribution < -0.4 is 10.6 Å². The molecule has 1 atom stereocenters. The van der Waals surface area contributed by atoms with Crippen LogP contribution in [0.2, 0.25) is 0 Å². The van der Waals surface area contributed by atoms with Gasteiger partial charge in [-0.15, -0.1) is 0 Å². The van der Waals surface area contributed by atoms with Gasteiger partial charge in [-0.3, -0.25) is 14.5 Å². The van der Waals surface area contributed by atoms with Crippen LogP contribution in [0.4, 0.5) is 10.5 Å². The Hall–Kier alpha value is -2.46. The summed E-state index contributed by atoms with van der Waals surface area (Å²) >= 11 is 0. The maximum absolute atomic E-state index is 12.5. The largest absolute Gasteiger partial charge is 0.325 e. The van der Waals surface area contributed by atoms with Gasteiger partial charge < -0.3 is 10.6 Å². The summed E-state index contributed by atoms with van der Waals surface area (Å²) in [7, 11) is -3.58. The average Bonchev–Trinajstić information content (AvgIpc) is 2.86. The van der Waals surface area contributed by atoms with Gasteiger partial charge in [-0.25, -0.2) is 13.2 Å². The predicted octanol–water partition coefficient (Wildman–Crippen LogP) is 1.38. The Kier molecular flexibility index (Phi) is 6.45. The van der Waals surface area contributed by atoms with Gasteiger partial charge in [0.25, 0.3) is 5.91 Å². The summed E-state index contributed by atoms with van der Waals surface area (Å²) in [6.07, 6.45) is 0.415. The third kappa shape index (κ3) is 4.17. The van der Waals surface area contributed by atoms with Gasteiger partial charge in [-0.2, -0.15) is 4.31 Å². The first kappa shape index (κ1) is 21.8. The van der Waals surface area contributed by atoms with E-state index in [1.807, 2.05) is 0 Å². The number of amides is 4. The molecule has 1 aliphatic heterocycles. The number of imide groups is 1. The Morgan fingerprint density at radius 1 is 1.14 bits per heavy atom. The van der Waals surface area contributed by atoms with E-state index >= 15 is 0 Å². The topological polar surface area (TPSA) is 116 Å². The lowest BCUT2D eigenvalue weighted by atomic mass is 9.99. The molecule has 2 N–H and O–H groups in total. The highest BCUT2D eigenvalue weighted by Gasteiger charge is 2.46. The lowest BCUT2D eigenvalue weighted by Gasteiger charge is -2.19. The molecule has 1 saturated heterocycles. The van der Waals surface area contributed by atoms with Crippen LogP contribution in [-0.4, -0.2) is 60.6 Å². The lowest BCUT2D eigenvalue weighted by molar-refractivity contribution is -0.133. The number of carbonyl (C=O) groups is 3. The molecule has 1 fully saturated rings. The molecule has 0 aromatic heterocycles. The minimum Gasteiger partial charge on any atom is -0.325 e. The number of benzene rings is 1. The number of hydrogen-bond donors (Lipinski definition) is 2. The van der Waals surface area contributed by atoms with Crippen molar-refractivity contribution in [3.8, 4) is 0 Å². The molecular weight excluding hydrogens is 384 g/mol. The van der Waals surface area contributed by atoms with Gasteiger partial charge in [0.1, 0.15) is 12.1 Å². The molecule has 0 radical (unpaired) electrons. The smallest absolute Gasteiger partial charge is 0.325 e. The number of rotatable bonds is 8. The molecule has 0 saturated carbocycles. The molecule has 0 bridgehead atoms. The van der Waals surface area contributed by atoms with Crippen molar-refractivity contribution in [2.24, 2.45) is 0 Å². The van der Waals surface area contributed by atoms with Crippen LogP contribution in [0.1, 0.15) is 34.1 Å². The van der Waals surface area contributed by atoms with E-state index < -0.39 is 40.0 Å². The highest BCUT2D eigenvalue weighted by atomic mass is 32.2. The van der Waals surface area contributed by atoms with Crippen molar-refractivity contribution in [2.75, 3.05) is 25.0 Å². The fourth-order valence-corrected chi connectivity index (χ4v) is 4.36. The fourth-order valence-electron chi connectivity index (χ4n) is 2.90. The third-order valence-corrected chi connectivity index (χ3v) is 6.90. The fraction of sp³-hybridized carbons (Fsp3) is 0.500. The zero-order valence-corrected chi connectivity index (χ0v) is 17.3. The number of sulfonamides is 1. The van der Waals surface area contributed by atoms with E-state index in [0.29, 0.717) is 25.2 Å². The standard InChI is InChI=1S/C18H26N4O5S/c1-5-18(4)16(24)22(17(25)20-18)12-15(23)19-13-8-10-14(11-9-13)28(26,27)21(6-2)7-3/h8-11H,5-7,12H2,1-4H3,(H,19,23)(H,20,25)/t18-/m0/s1. The monoisotopic (exact) mass is 410 g/mol. The molecule has 1 heterocycles. The molecule has 0 spiro atoms. The van der Waals surface area contributed by atoms with Gasteiger partial charge in [0.15, 0.2) is 0 Å². The first-order chi connectivity index (χ1) is 13.1. The van der Waals surface area contributed by atoms with Gasteiger partial charge in [0.2, 0.25) is 15.9 Å². The van der Waals surface area contributed by atoms with E-state index in [9.17, 15) is 22.8 Å². The van der Waals surface area contributed by atoms with Crippen molar-refractivity contribution in [3.63, 3.8) is 0 Å². The van der Waals surface area contributed by atoms with Crippen molar-refractivity contribution in [3.05, 3.63) is 24.3 Å². The first-order valence-electron chi connectivity index (χ1n) is 9.13. The number of nitrogens with one attached hydrogen (secondary N) is 2. The van der Waals surface area contributed by atoms with E-state index in [2.05, 4.69) is 10.6 Å².